The van der Waals surface area contributed by atoms with Crippen molar-refractivity contribution >= 4 is 11.4 Å². The van der Waals surface area contributed by atoms with Crippen molar-refractivity contribution in [3.8, 4) is 0 Å². The summed E-state index contributed by atoms with van der Waals surface area (Å²) in [6, 6.07) is 1.98. The first-order chi connectivity index (χ1) is 7.31. The molecule has 0 bridgehead atoms. The number of methoxy groups -OCH3 is 1. The van der Waals surface area contributed by atoms with Gasteiger partial charge in [0.25, 0.3) is 0 Å². The van der Waals surface area contributed by atoms with Crippen LogP contribution in [0.15, 0.2) is 18.5 Å². The molecule has 1 unspecified atom stereocenters. The molecule has 0 aromatic carbocycles. The van der Waals surface area contributed by atoms with Crippen molar-refractivity contribution in [3.05, 3.63) is 18.5 Å². The second-order valence-electron chi connectivity index (χ2n) is 3.99. The fourth-order valence-electron chi connectivity index (χ4n) is 2.11. The number of nitrogens with two attached hydrogens (primary N) is 1. The number of hydrogen-bond acceptors (Lipinski definition) is 4. The van der Waals surface area contributed by atoms with Crippen molar-refractivity contribution in [2.24, 2.45) is 5.92 Å². The third-order valence-corrected chi connectivity index (χ3v) is 2.86. The number of hydrogen-bond donors (Lipinski definition) is 1. The van der Waals surface area contributed by atoms with E-state index in [0.29, 0.717) is 5.92 Å². The van der Waals surface area contributed by atoms with Gasteiger partial charge in [0.15, 0.2) is 0 Å². The lowest BCUT2D eigenvalue weighted by molar-refractivity contribution is 0.161. The van der Waals surface area contributed by atoms with E-state index in [1.54, 1.807) is 19.5 Å². The van der Waals surface area contributed by atoms with Crippen LogP contribution < -0.4 is 10.6 Å². The van der Waals surface area contributed by atoms with Gasteiger partial charge >= 0.3 is 0 Å². The number of anilines is 2. The summed E-state index contributed by atoms with van der Waals surface area (Å²) in [6.45, 7) is 2.92. The third-order valence-electron chi connectivity index (χ3n) is 2.86. The Kier molecular flexibility index (Phi) is 3.06. The molecule has 4 nitrogen and oxygen atoms in total. The van der Waals surface area contributed by atoms with E-state index in [2.05, 4.69) is 9.88 Å². The topological polar surface area (TPSA) is 51.4 Å². The zero-order chi connectivity index (χ0) is 10.7. The van der Waals surface area contributed by atoms with Crippen molar-refractivity contribution in [1.82, 2.24) is 4.98 Å². The first kappa shape index (κ1) is 10.2. The zero-order valence-corrected chi connectivity index (χ0v) is 9.02. The Morgan fingerprint density at radius 1 is 1.67 bits per heavy atom. The highest BCUT2D eigenvalue weighted by molar-refractivity contribution is 5.66. The van der Waals surface area contributed by atoms with E-state index >= 15 is 0 Å². The monoisotopic (exact) mass is 207 g/mol. The molecular formula is C11H17N3O. The summed E-state index contributed by atoms with van der Waals surface area (Å²) >= 11 is 0. The lowest BCUT2D eigenvalue weighted by atomic mass is 10.1. The number of nitrogens with zero attached hydrogens (tertiary/aromatic N) is 2. The molecule has 1 atom stereocenters. The molecule has 1 aromatic rings. The summed E-state index contributed by atoms with van der Waals surface area (Å²) in [5.41, 5.74) is 7.74. The van der Waals surface area contributed by atoms with Gasteiger partial charge in [0.2, 0.25) is 0 Å². The highest BCUT2D eigenvalue weighted by atomic mass is 16.5. The van der Waals surface area contributed by atoms with Crippen LogP contribution in [0.25, 0.3) is 0 Å². The molecular weight excluding hydrogens is 190 g/mol. The molecule has 15 heavy (non-hydrogen) atoms. The minimum atomic E-state index is 0.627. The van der Waals surface area contributed by atoms with Gasteiger partial charge < -0.3 is 15.4 Å². The Hall–Kier alpha value is -1.29. The van der Waals surface area contributed by atoms with Gasteiger partial charge in [-0.25, -0.2) is 0 Å². The predicted octanol–water partition coefficient (Wildman–Crippen LogP) is 1.14. The lowest BCUT2D eigenvalue weighted by Gasteiger charge is -2.19. The fraction of sp³-hybridized carbons (Fsp3) is 0.545. The number of ether oxygens (including phenoxy) is 1. The van der Waals surface area contributed by atoms with Gasteiger partial charge in [0.05, 0.1) is 24.2 Å². The van der Waals surface area contributed by atoms with Crippen molar-refractivity contribution in [2.75, 3.05) is 37.4 Å². The molecule has 1 fully saturated rings. The van der Waals surface area contributed by atoms with Crippen LogP contribution in [0, 0.1) is 5.92 Å². The van der Waals surface area contributed by atoms with E-state index < -0.39 is 0 Å². The van der Waals surface area contributed by atoms with Gasteiger partial charge in [-0.2, -0.15) is 0 Å². The molecule has 1 aliphatic rings. The molecule has 82 valence electrons. The van der Waals surface area contributed by atoms with Crippen molar-refractivity contribution in [1.29, 1.82) is 0 Å². The molecule has 0 aliphatic carbocycles. The highest BCUT2D eigenvalue weighted by Crippen LogP contribution is 2.27. The molecule has 0 amide bonds. The maximum absolute atomic E-state index is 5.88. The summed E-state index contributed by atoms with van der Waals surface area (Å²) in [5, 5.41) is 0. The van der Waals surface area contributed by atoms with Gasteiger partial charge in [0.1, 0.15) is 0 Å². The van der Waals surface area contributed by atoms with Gasteiger partial charge in [-0.15, -0.1) is 0 Å². The first-order valence-electron chi connectivity index (χ1n) is 5.24. The zero-order valence-electron chi connectivity index (χ0n) is 9.02. The summed E-state index contributed by atoms with van der Waals surface area (Å²) < 4.78 is 5.17. The van der Waals surface area contributed by atoms with E-state index in [-0.39, 0.29) is 0 Å². The molecule has 1 aliphatic heterocycles. The van der Waals surface area contributed by atoms with Crippen LogP contribution in [0.2, 0.25) is 0 Å². The second kappa shape index (κ2) is 4.49. The molecule has 0 saturated carbocycles. The molecule has 0 radical (unpaired) electrons. The molecule has 2 heterocycles. The maximum atomic E-state index is 5.88. The number of pyridine rings is 1. The number of nitrogen functional groups attached to an aromatic ring is 1. The Bertz CT molecular complexity index is 329. The molecule has 4 heteroatoms. The standard InChI is InChI=1S/C11H17N3O/c1-15-8-9-3-5-14(7-9)11-2-4-13-6-10(11)12/h2,4,6,9H,3,5,7-8,12H2,1H3. The van der Waals surface area contributed by atoms with Crippen LogP contribution in [0.3, 0.4) is 0 Å². The molecule has 2 N–H and O–H groups in total. The van der Waals surface area contributed by atoms with Crippen molar-refractivity contribution < 1.29 is 4.74 Å². The normalized spacial score (nSPS) is 20.9. The van der Waals surface area contributed by atoms with Gasteiger partial charge in [-0.3, -0.25) is 4.98 Å². The van der Waals surface area contributed by atoms with Crippen LogP contribution >= 0.6 is 0 Å². The number of rotatable bonds is 3. The third kappa shape index (κ3) is 2.21. The van der Waals surface area contributed by atoms with E-state index in [4.69, 9.17) is 10.5 Å². The summed E-state index contributed by atoms with van der Waals surface area (Å²) in [6.07, 6.45) is 4.67. The average Bonchev–Trinajstić information content (AvgIpc) is 2.68. The quantitative estimate of drug-likeness (QED) is 0.807. The average molecular weight is 207 g/mol. The first-order valence-corrected chi connectivity index (χ1v) is 5.24. The molecule has 0 spiro atoms. The Morgan fingerprint density at radius 2 is 2.53 bits per heavy atom. The van der Waals surface area contributed by atoms with Crippen molar-refractivity contribution in [3.63, 3.8) is 0 Å². The van der Waals surface area contributed by atoms with Crippen LogP contribution in [0.1, 0.15) is 6.42 Å². The van der Waals surface area contributed by atoms with E-state index in [1.807, 2.05) is 6.07 Å². The Morgan fingerprint density at radius 3 is 3.27 bits per heavy atom. The van der Waals surface area contributed by atoms with Crippen molar-refractivity contribution in [2.45, 2.75) is 6.42 Å². The van der Waals surface area contributed by atoms with Crippen LogP contribution in [-0.2, 0) is 4.74 Å². The molecule has 2 rings (SSSR count). The fourth-order valence-corrected chi connectivity index (χ4v) is 2.11. The van der Waals surface area contributed by atoms with Gasteiger partial charge in [0, 0.05) is 32.3 Å². The summed E-state index contributed by atoms with van der Waals surface area (Å²) in [5.74, 6) is 0.627. The smallest absolute Gasteiger partial charge is 0.0738 e. The minimum Gasteiger partial charge on any atom is -0.396 e. The summed E-state index contributed by atoms with van der Waals surface area (Å²) in [7, 11) is 1.75. The highest BCUT2D eigenvalue weighted by Gasteiger charge is 2.23. The second-order valence-corrected chi connectivity index (χ2v) is 3.99. The van der Waals surface area contributed by atoms with Crippen LogP contribution in [0.5, 0.6) is 0 Å². The predicted molar refractivity (Wildman–Crippen MR) is 60.8 cm³/mol. The number of aromatic nitrogens is 1. The Labute approximate surface area is 90.0 Å². The van der Waals surface area contributed by atoms with E-state index in [0.717, 1.165) is 31.1 Å². The summed E-state index contributed by atoms with van der Waals surface area (Å²) in [4.78, 5) is 6.30. The molecule has 1 aromatic heterocycles. The molecule has 1 saturated heterocycles. The lowest BCUT2D eigenvalue weighted by Crippen LogP contribution is -2.22. The van der Waals surface area contributed by atoms with Crippen LogP contribution in [-0.4, -0.2) is 31.8 Å². The van der Waals surface area contributed by atoms with E-state index in [9.17, 15) is 0 Å². The minimum absolute atomic E-state index is 0.627. The van der Waals surface area contributed by atoms with Gasteiger partial charge in [-0.1, -0.05) is 0 Å². The maximum Gasteiger partial charge on any atom is 0.0738 e. The van der Waals surface area contributed by atoms with E-state index in [1.165, 1.54) is 6.42 Å². The Balaban J connectivity index is 2.04. The van der Waals surface area contributed by atoms with Crippen LogP contribution in [0.4, 0.5) is 11.4 Å². The SMILES string of the molecule is COCC1CCN(c2ccncc2N)C1. The largest absolute Gasteiger partial charge is 0.396 e. The van der Waals surface area contributed by atoms with Gasteiger partial charge in [-0.05, 0) is 12.5 Å².